The first-order chi connectivity index (χ1) is 2.94. The molecule has 0 atom stereocenters. The smallest absolute Gasteiger partial charge is 0.472 e. The maximum atomic E-state index is 9.43. The Morgan fingerprint density at radius 3 is 1.50 bits per heavy atom. The summed E-state index contributed by atoms with van der Waals surface area (Å²) in [5, 5.41) is 7.49. The van der Waals surface area contributed by atoms with E-state index in [1.54, 1.807) is 0 Å². The summed E-state index contributed by atoms with van der Waals surface area (Å²) in [7, 11) is -4.82. The van der Waals surface area contributed by atoms with Crippen molar-refractivity contribution in [2.45, 2.75) is 0 Å². The van der Waals surface area contributed by atoms with Gasteiger partial charge in [0.15, 0.2) is 0 Å². The van der Waals surface area contributed by atoms with Gasteiger partial charge in [0.05, 0.1) is 0 Å². The van der Waals surface area contributed by atoms with E-state index in [4.69, 9.17) is 14.9 Å². The molecule has 7 heteroatoms. The van der Waals surface area contributed by atoms with E-state index in [1.807, 2.05) is 0 Å². The van der Waals surface area contributed by atoms with Gasteiger partial charge < -0.3 is 14.9 Å². The van der Waals surface area contributed by atoms with Gasteiger partial charge in [-0.05, 0) is 0 Å². The molecule has 0 rings (SSSR count). The van der Waals surface area contributed by atoms with Crippen LogP contribution in [0, 0.1) is 0 Å². The van der Waals surface area contributed by atoms with Crippen molar-refractivity contribution in [3.63, 3.8) is 0 Å². The van der Waals surface area contributed by atoms with Gasteiger partial charge in [0.2, 0.25) is 0 Å². The Morgan fingerprint density at radius 1 is 1.38 bits per heavy atom. The first kappa shape index (κ1) is 11.4. The normalized spacial score (nSPS) is 9.75. The molecule has 0 aromatic rings. The molecule has 0 radical (unpaired) electrons. The molecule has 0 saturated carbocycles. The van der Waals surface area contributed by atoms with Crippen LogP contribution in [0.15, 0.2) is 0 Å². The third-order valence-corrected chi connectivity index (χ3v) is 0.748. The van der Waals surface area contributed by atoms with Crippen molar-refractivity contribution in [2.24, 2.45) is 0 Å². The molecule has 0 amide bonds. The van der Waals surface area contributed by atoms with Crippen molar-refractivity contribution in [3.8, 4) is 0 Å². The van der Waals surface area contributed by atoms with E-state index in [9.17, 15) is 9.36 Å². The molecule has 42 valence electrons. The molecule has 0 fully saturated rings. The summed E-state index contributed by atoms with van der Waals surface area (Å²) in [6.45, 7) is 0. The van der Waals surface area contributed by atoms with Crippen LogP contribution in [-0.4, -0.2) is 20.6 Å². The van der Waals surface area contributed by atoms with E-state index in [0.717, 1.165) is 0 Å². The predicted octanol–water partition coefficient (Wildman–Crippen LogP) is -3.15. The van der Waals surface area contributed by atoms with E-state index in [0.29, 0.717) is 0 Å². The van der Waals surface area contributed by atoms with Crippen molar-refractivity contribution >= 4 is 13.3 Å². The van der Waals surface area contributed by atoms with Gasteiger partial charge in [-0.3, -0.25) is 0 Å². The fourth-order valence-electron chi connectivity index (χ4n) is 0. The fraction of sp³-hybridized carbons (Fsp3) is 0. The minimum atomic E-state index is -4.82. The Balaban J connectivity index is 0. The molecule has 0 aliphatic rings. The molecule has 8 heavy (non-hydrogen) atoms. The number of hydrogen-bond donors (Lipinski definition) is 3. The minimum Gasteiger partial charge on any atom is -0.472 e. The second-order valence-corrected chi connectivity index (χ2v) is 2.30. The van der Waals surface area contributed by atoms with Gasteiger partial charge in [-0.15, -0.1) is 0 Å². The summed E-state index contributed by atoms with van der Waals surface area (Å²) < 4.78 is 9.43. The third-order valence-electron chi connectivity index (χ3n) is 0.249. The number of rotatable bonds is 1. The quantitative estimate of drug-likeness (QED) is 0.270. The Kier molecular flexibility index (Phi) is 5.15. The van der Waals surface area contributed by atoms with Gasteiger partial charge in [-0.2, -0.15) is 0 Å². The summed E-state index contributed by atoms with van der Waals surface area (Å²) in [6, 6.07) is 0. The van der Waals surface area contributed by atoms with Crippen molar-refractivity contribution < 1.29 is 53.8 Å². The van der Waals surface area contributed by atoms with Crippen LogP contribution in [-0.2, 0) is 4.57 Å². The molecule has 0 aromatic heterocycles. The summed E-state index contributed by atoms with van der Waals surface area (Å²) in [6.07, 6.45) is 0. The molecule has 0 aliphatic heterocycles. The van der Waals surface area contributed by atoms with E-state index < -0.39 is 13.3 Å². The van der Waals surface area contributed by atoms with Crippen LogP contribution in [0.4, 0.5) is 4.79 Å². The second kappa shape index (κ2) is 3.61. The van der Waals surface area contributed by atoms with E-state index in [1.165, 1.54) is 0 Å². The van der Waals surface area contributed by atoms with Crippen LogP contribution < -0.4 is 29.6 Å². The Bertz CT molecular complexity index is 124. The summed E-state index contributed by atoms with van der Waals surface area (Å²) in [5.41, 5.74) is -2.09. The first-order valence-electron chi connectivity index (χ1n) is 1.23. The molecular formula is CH3NaO5P+. The molecule has 0 unspecified atom stereocenters. The van der Waals surface area contributed by atoms with Gasteiger partial charge in [0.1, 0.15) is 0 Å². The second-order valence-electron chi connectivity index (χ2n) is 0.827. The van der Waals surface area contributed by atoms with E-state index >= 15 is 0 Å². The Morgan fingerprint density at radius 2 is 1.50 bits per heavy atom. The topological polar surface area (TPSA) is 94.8 Å². The summed E-state index contributed by atoms with van der Waals surface area (Å²) >= 11 is 0. The number of hydrogen-bond acceptors (Lipinski definition) is 2. The average molecular weight is 149 g/mol. The molecule has 5 nitrogen and oxygen atoms in total. The zero-order valence-corrected chi connectivity index (χ0v) is 7.00. The van der Waals surface area contributed by atoms with E-state index in [-0.39, 0.29) is 29.6 Å². The number of carbonyl (C=O) groups is 1. The summed E-state index contributed by atoms with van der Waals surface area (Å²) in [4.78, 5) is 24.5. The molecule has 3 N–H and O–H groups in total. The van der Waals surface area contributed by atoms with Crippen LogP contribution in [0.2, 0.25) is 0 Å². The predicted molar refractivity (Wildman–Crippen MR) is 20.1 cm³/mol. The van der Waals surface area contributed by atoms with Gasteiger partial charge in [-0.1, -0.05) is 0 Å². The average Bonchev–Trinajstić information content (AvgIpc) is 1.31. The van der Waals surface area contributed by atoms with Crippen LogP contribution in [0.5, 0.6) is 0 Å². The van der Waals surface area contributed by atoms with Gasteiger partial charge in [-0.25, -0.2) is 9.36 Å². The standard InChI is InChI=1S/CH3O5P.Na/c2-1(3)7(4,5)6;/h(H,2,3)(H2,4,5,6);/q;+1. The molecule has 0 saturated heterocycles. The van der Waals surface area contributed by atoms with Gasteiger partial charge >= 0.3 is 42.9 Å². The Hall–Kier alpha value is 0.620. The SMILES string of the molecule is O=C(O)P(=O)(O)O.[Na+]. The van der Waals surface area contributed by atoms with Crippen molar-refractivity contribution in [1.82, 2.24) is 0 Å². The molecule has 0 aliphatic carbocycles. The van der Waals surface area contributed by atoms with Gasteiger partial charge in [0.25, 0.3) is 0 Å². The Labute approximate surface area is 67.2 Å². The van der Waals surface area contributed by atoms with Crippen LogP contribution in [0.3, 0.4) is 0 Å². The molecule has 0 aromatic carbocycles. The zero-order chi connectivity index (χ0) is 6.08. The van der Waals surface area contributed by atoms with Crippen LogP contribution in [0.1, 0.15) is 0 Å². The molecule has 0 bridgehead atoms. The van der Waals surface area contributed by atoms with Crippen LogP contribution in [0.25, 0.3) is 0 Å². The van der Waals surface area contributed by atoms with Crippen molar-refractivity contribution in [1.29, 1.82) is 0 Å². The molecular weight excluding hydrogens is 146 g/mol. The van der Waals surface area contributed by atoms with E-state index in [2.05, 4.69) is 0 Å². The monoisotopic (exact) mass is 149 g/mol. The third kappa shape index (κ3) is 4.77. The van der Waals surface area contributed by atoms with Gasteiger partial charge in [0, 0.05) is 0 Å². The van der Waals surface area contributed by atoms with Crippen molar-refractivity contribution in [2.75, 3.05) is 0 Å². The first-order valence-corrected chi connectivity index (χ1v) is 2.85. The fourth-order valence-corrected chi connectivity index (χ4v) is 0. The minimum absolute atomic E-state index is 0. The molecule has 0 spiro atoms. The summed E-state index contributed by atoms with van der Waals surface area (Å²) in [5.74, 6) is 0. The maximum Gasteiger partial charge on any atom is 1.00 e. The maximum absolute atomic E-state index is 9.43. The molecule has 0 heterocycles. The zero-order valence-electron chi connectivity index (χ0n) is 4.11. The number of carboxylic acid groups (broad SMARTS) is 1. The largest absolute Gasteiger partial charge is 1.00 e. The van der Waals surface area contributed by atoms with Crippen molar-refractivity contribution in [3.05, 3.63) is 0 Å². The van der Waals surface area contributed by atoms with Crippen LogP contribution >= 0.6 is 7.60 Å².